The van der Waals surface area contributed by atoms with Crippen LogP contribution in [0.5, 0.6) is 0 Å². The lowest BCUT2D eigenvalue weighted by molar-refractivity contribution is 0.0316. The lowest BCUT2D eigenvalue weighted by Gasteiger charge is -2.53. The third kappa shape index (κ3) is 3.42. The van der Waals surface area contributed by atoms with Crippen molar-refractivity contribution in [3.8, 4) is 6.07 Å². The molecule has 1 aliphatic heterocycles. The Bertz CT molecular complexity index is 759. The second-order valence-corrected chi connectivity index (χ2v) is 7.49. The van der Waals surface area contributed by atoms with Gasteiger partial charge in [0.25, 0.3) is 0 Å². The van der Waals surface area contributed by atoms with Crippen molar-refractivity contribution in [2.24, 2.45) is 0 Å². The summed E-state index contributed by atoms with van der Waals surface area (Å²) in [6, 6.07) is 12.9. The first-order chi connectivity index (χ1) is 12.8. The number of nitrogens with zero attached hydrogens (tertiary/aromatic N) is 5. The molecule has 0 amide bonds. The molecular formula is C21H25N5. The van der Waals surface area contributed by atoms with E-state index >= 15 is 0 Å². The normalized spacial score (nSPS) is 20.0. The van der Waals surface area contributed by atoms with E-state index in [2.05, 4.69) is 50.1 Å². The molecule has 5 nitrogen and oxygen atoms in total. The molecule has 1 saturated heterocycles. The number of hydrogen-bond donors (Lipinski definition) is 0. The lowest BCUT2D eigenvalue weighted by atomic mass is 9.78. The summed E-state index contributed by atoms with van der Waals surface area (Å²) in [4.78, 5) is 13.8. The van der Waals surface area contributed by atoms with Gasteiger partial charge in [0.15, 0.2) is 5.69 Å². The maximum atomic E-state index is 8.94. The van der Waals surface area contributed by atoms with Crippen LogP contribution in [-0.2, 0) is 6.54 Å². The van der Waals surface area contributed by atoms with Gasteiger partial charge in [-0.05, 0) is 18.4 Å². The van der Waals surface area contributed by atoms with Gasteiger partial charge in [-0.1, -0.05) is 49.6 Å². The first kappa shape index (κ1) is 17.0. The molecule has 0 unspecified atom stereocenters. The van der Waals surface area contributed by atoms with Crippen LogP contribution in [0.2, 0.25) is 0 Å². The summed E-state index contributed by atoms with van der Waals surface area (Å²) in [6.07, 6.45) is 9.79. The number of anilines is 1. The van der Waals surface area contributed by atoms with Crippen molar-refractivity contribution in [3.05, 3.63) is 54.0 Å². The van der Waals surface area contributed by atoms with Gasteiger partial charge < -0.3 is 4.90 Å². The number of benzene rings is 1. The quantitative estimate of drug-likeness (QED) is 0.852. The second-order valence-electron chi connectivity index (χ2n) is 7.49. The molecule has 2 heterocycles. The Kier molecular flexibility index (Phi) is 4.85. The highest BCUT2D eigenvalue weighted by Gasteiger charge is 2.42. The Morgan fingerprint density at radius 2 is 1.81 bits per heavy atom. The molecule has 5 heteroatoms. The Hall–Kier alpha value is -2.45. The largest absolute Gasteiger partial charge is 0.352 e. The van der Waals surface area contributed by atoms with E-state index in [0.29, 0.717) is 5.69 Å². The average molecular weight is 347 g/mol. The zero-order valence-electron chi connectivity index (χ0n) is 15.1. The van der Waals surface area contributed by atoms with E-state index in [9.17, 15) is 0 Å². The molecule has 4 rings (SSSR count). The van der Waals surface area contributed by atoms with Crippen molar-refractivity contribution in [3.63, 3.8) is 0 Å². The van der Waals surface area contributed by atoms with Crippen molar-refractivity contribution in [1.29, 1.82) is 5.26 Å². The molecule has 2 fully saturated rings. The summed E-state index contributed by atoms with van der Waals surface area (Å²) in [6.45, 7) is 4.01. The van der Waals surface area contributed by atoms with Crippen LogP contribution in [-0.4, -0.2) is 40.0 Å². The zero-order chi connectivity index (χ0) is 17.8. The Labute approximate surface area is 155 Å². The second kappa shape index (κ2) is 7.43. The predicted octanol–water partition coefficient (Wildman–Crippen LogP) is 3.37. The number of piperazine rings is 1. The van der Waals surface area contributed by atoms with Gasteiger partial charge in [0, 0.05) is 31.7 Å². The molecule has 1 aliphatic carbocycles. The molecule has 2 aromatic rings. The summed E-state index contributed by atoms with van der Waals surface area (Å²) in [5.74, 6) is 0.897. The van der Waals surface area contributed by atoms with Crippen LogP contribution < -0.4 is 4.90 Å². The molecule has 1 aromatic carbocycles. The molecule has 134 valence electrons. The maximum Gasteiger partial charge on any atom is 0.158 e. The highest BCUT2D eigenvalue weighted by Crippen LogP contribution is 2.38. The molecule has 0 radical (unpaired) electrons. The molecule has 2 aliphatic rings. The van der Waals surface area contributed by atoms with Crippen molar-refractivity contribution in [2.75, 3.05) is 24.5 Å². The number of hydrogen-bond acceptors (Lipinski definition) is 5. The topological polar surface area (TPSA) is 56.1 Å². The van der Waals surface area contributed by atoms with Crippen LogP contribution in [0.4, 0.5) is 5.82 Å². The average Bonchev–Trinajstić information content (AvgIpc) is 2.71. The minimum Gasteiger partial charge on any atom is -0.352 e. The Morgan fingerprint density at radius 1 is 1.00 bits per heavy atom. The Morgan fingerprint density at radius 3 is 2.50 bits per heavy atom. The summed E-state index contributed by atoms with van der Waals surface area (Å²) in [5, 5.41) is 8.94. The first-order valence-electron chi connectivity index (χ1n) is 9.55. The van der Waals surface area contributed by atoms with Gasteiger partial charge in [-0.2, -0.15) is 5.26 Å². The van der Waals surface area contributed by atoms with Crippen molar-refractivity contribution < 1.29 is 0 Å². The van der Waals surface area contributed by atoms with Gasteiger partial charge in [0.05, 0.1) is 12.4 Å². The lowest BCUT2D eigenvalue weighted by Crippen LogP contribution is -2.62. The number of nitriles is 1. The van der Waals surface area contributed by atoms with Crippen molar-refractivity contribution in [2.45, 2.75) is 44.2 Å². The predicted molar refractivity (Wildman–Crippen MR) is 102 cm³/mol. The highest BCUT2D eigenvalue weighted by atomic mass is 15.3. The van der Waals surface area contributed by atoms with E-state index in [0.717, 1.165) is 32.0 Å². The molecule has 0 N–H and O–H groups in total. The minimum atomic E-state index is 0.224. The van der Waals surface area contributed by atoms with Crippen LogP contribution in [0, 0.1) is 11.3 Å². The standard InChI is InChI=1S/C21H25N5/c22-13-19-14-24-20(15-23-19)25-11-12-26(16-18-7-3-1-4-8-18)21(17-25)9-5-2-6-10-21/h1,3-4,7-8,14-15H,2,5-6,9-12,16-17H2. The van der Waals surface area contributed by atoms with Gasteiger partial charge in [0.1, 0.15) is 11.9 Å². The fraction of sp³-hybridized carbons (Fsp3) is 0.476. The van der Waals surface area contributed by atoms with Gasteiger partial charge in [-0.25, -0.2) is 9.97 Å². The van der Waals surface area contributed by atoms with Crippen LogP contribution in [0.15, 0.2) is 42.7 Å². The minimum absolute atomic E-state index is 0.224. The van der Waals surface area contributed by atoms with Crippen LogP contribution in [0.3, 0.4) is 0 Å². The van der Waals surface area contributed by atoms with Crippen LogP contribution >= 0.6 is 0 Å². The van der Waals surface area contributed by atoms with Crippen LogP contribution in [0.25, 0.3) is 0 Å². The van der Waals surface area contributed by atoms with Gasteiger partial charge >= 0.3 is 0 Å². The molecule has 0 bridgehead atoms. The van der Waals surface area contributed by atoms with E-state index in [1.54, 1.807) is 12.4 Å². The van der Waals surface area contributed by atoms with Crippen molar-refractivity contribution in [1.82, 2.24) is 14.9 Å². The molecule has 1 saturated carbocycles. The highest BCUT2D eigenvalue weighted by molar-refractivity contribution is 5.39. The fourth-order valence-corrected chi connectivity index (χ4v) is 4.49. The summed E-state index contributed by atoms with van der Waals surface area (Å²) < 4.78 is 0. The molecule has 1 aromatic heterocycles. The van der Waals surface area contributed by atoms with Crippen LogP contribution in [0.1, 0.15) is 43.4 Å². The molecular weight excluding hydrogens is 322 g/mol. The van der Waals surface area contributed by atoms with Gasteiger partial charge in [-0.3, -0.25) is 4.90 Å². The third-order valence-corrected chi connectivity index (χ3v) is 5.87. The number of aromatic nitrogens is 2. The Balaban J connectivity index is 1.55. The number of rotatable bonds is 3. The zero-order valence-corrected chi connectivity index (χ0v) is 15.1. The molecule has 26 heavy (non-hydrogen) atoms. The maximum absolute atomic E-state index is 8.94. The monoisotopic (exact) mass is 347 g/mol. The van der Waals surface area contributed by atoms with E-state index in [1.807, 2.05) is 6.07 Å². The smallest absolute Gasteiger partial charge is 0.158 e. The SMILES string of the molecule is N#Cc1cnc(N2CCN(Cc3ccccc3)C3(CCCCC3)C2)cn1. The van der Waals surface area contributed by atoms with E-state index < -0.39 is 0 Å². The molecule has 0 atom stereocenters. The first-order valence-corrected chi connectivity index (χ1v) is 9.55. The van der Waals surface area contributed by atoms with Crippen molar-refractivity contribution >= 4 is 5.82 Å². The van der Waals surface area contributed by atoms with Gasteiger partial charge in [0.2, 0.25) is 0 Å². The van der Waals surface area contributed by atoms with E-state index in [4.69, 9.17) is 5.26 Å². The summed E-state index contributed by atoms with van der Waals surface area (Å²) >= 11 is 0. The summed E-state index contributed by atoms with van der Waals surface area (Å²) in [5.41, 5.74) is 2.00. The van der Waals surface area contributed by atoms with E-state index in [1.165, 1.54) is 37.7 Å². The fourth-order valence-electron chi connectivity index (χ4n) is 4.49. The van der Waals surface area contributed by atoms with E-state index in [-0.39, 0.29) is 5.54 Å². The summed E-state index contributed by atoms with van der Waals surface area (Å²) in [7, 11) is 0. The molecule has 1 spiro atoms. The third-order valence-electron chi connectivity index (χ3n) is 5.87. The van der Waals surface area contributed by atoms with Gasteiger partial charge in [-0.15, -0.1) is 0 Å².